The molecule has 2 rings (SSSR count). The molecule has 1 fully saturated rings. The van der Waals surface area contributed by atoms with Crippen LogP contribution in [-0.4, -0.2) is 23.5 Å². The number of carboxylic acids is 1. The fraction of sp³-hybridized carbons (Fsp3) is 0.579. The van der Waals surface area contributed by atoms with Crippen molar-refractivity contribution in [3.63, 3.8) is 0 Å². The minimum absolute atomic E-state index is 0.0350. The lowest BCUT2D eigenvalue weighted by molar-refractivity contribution is -0.147. The first kappa shape index (κ1) is 17.5. The van der Waals surface area contributed by atoms with Gasteiger partial charge in [0.05, 0.1) is 5.41 Å². The number of carbonyl (C=O) groups excluding carboxylic acids is 1. The summed E-state index contributed by atoms with van der Waals surface area (Å²) in [7, 11) is 0. The maximum atomic E-state index is 12.2. The highest BCUT2D eigenvalue weighted by Gasteiger charge is 2.43. The summed E-state index contributed by atoms with van der Waals surface area (Å²) in [6.07, 6.45) is 1.32. The van der Waals surface area contributed by atoms with E-state index in [0.29, 0.717) is 24.8 Å². The first-order valence-corrected chi connectivity index (χ1v) is 8.33. The van der Waals surface area contributed by atoms with E-state index in [4.69, 9.17) is 5.11 Å². The number of nitrogens with one attached hydrogen (secondary N) is 1. The monoisotopic (exact) mass is 317 g/mol. The van der Waals surface area contributed by atoms with Crippen molar-refractivity contribution >= 4 is 11.9 Å². The van der Waals surface area contributed by atoms with Crippen molar-refractivity contribution in [1.82, 2.24) is 5.32 Å². The Morgan fingerprint density at radius 2 is 1.87 bits per heavy atom. The summed E-state index contributed by atoms with van der Waals surface area (Å²) >= 11 is 0. The standard InChI is InChI=1S/C19H27NO3/c1-12(2)13-5-7-14(8-6-13)15-11-16(15)17(21)20-10-9-19(3,4)18(22)23/h5-8,12,15-16H,9-11H2,1-4H3,(H,20,21)(H,22,23). The Hall–Kier alpha value is -1.84. The third-order valence-corrected chi connectivity index (χ3v) is 4.79. The number of aliphatic carboxylic acids is 1. The van der Waals surface area contributed by atoms with Crippen molar-refractivity contribution in [2.75, 3.05) is 6.54 Å². The molecular formula is C19H27NO3. The van der Waals surface area contributed by atoms with Crippen LogP contribution in [0.4, 0.5) is 0 Å². The van der Waals surface area contributed by atoms with E-state index in [-0.39, 0.29) is 11.8 Å². The molecule has 2 unspecified atom stereocenters. The lowest BCUT2D eigenvalue weighted by Gasteiger charge is -2.18. The zero-order chi connectivity index (χ0) is 17.2. The summed E-state index contributed by atoms with van der Waals surface area (Å²) in [5.41, 5.74) is 1.73. The van der Waals surface area contributed by atoms with Crippen LogP contribution in [0.15, 0.2) is 24.3 Å². The smallest absolute Gasteiger partial charge is 0.309 e. The SMILES string of the molecule is CC(C)c1ccc(C2CC2C(=O)NCCC(C)(C)C(=O)O)cc1. The van der Waals surface area contributed by atoms with Crippen LogP contribution >= 0.6 is 0 Å². The van der Waals surface area contributed by atoms with Gasteiger partial charge in [-0.25, -0.2) is 0 Å². The summed E-state index contributed by atoms with van der Waals surface area (Å²) in [6, 6.07) is 8.53. The van der Waals surface area contributed by atoms with E-state index >= 15 is 0 Å². The van der Waals surface area contributed by atoms with Crippen LogP contribution in [0.25, 0.3) is 0 Å². The van der Waals surface area contributed by atoms with Crippen molar-refractivity contribution in [3.8, 4) is 0 Å². The maximum Gasteiger partial charge on any atom is 0.309 e. The van der Waals surface area contributed by atoms with Crippen molar-refractivity contribution in [2.45, 2.75) is 52.4 Å². The largest absolute Gasteiger partial charge is 0.481 e. The molecular weight excluding hydrogens is 290 g/mol. The summed E-state index contributed by atoms with van der Waals surface area (Å²) in [6.45, 7) is 8.10. The molecule has 0 radical (unpaired) electrons. The van der Waals surface area contributed by atoms with E-state index in [2.05, 4.69) is 43.4 Å². The van der Waals surface area contributed by atoms with E-state index in [1.807, 2.05) is 0 Å². The van der Waals surface area contributed by atoms with Crippen molar-refractivity contribution < 1.29 is 14.7 Å². The number of hydrogen-bond donors (Lipinski definition) is 2. The second-order valence-corrected chi connectivity index (χ2v) is 7.50. The first-order chi connectivity index (χ1) is 10.7. The molecule has 0 saturated heterocycles. The molecule has 0 bridgehead atoms. The fourth-order valence-electron chi connectivity index (χ4n) is 2.72. The van der Waals surface area contributed by atoms with Gasteiger partial charge in [-0.05, 0) is 49.7 Å². The summed E-state index contributed by atoms with van der Waals surface area (Å²) in [5.74, 6) is 0.0712. The van der Waals surface area contributed by atoms with Gasteiger partial charge in [-0.1, -0.05) is 38.1 Å². The minimum Gasteiger partial charge on any atom is -0.481 e. The van der Waals surface area contributed by atoms with Crippen molar-refractivity contribution in [3.05, 3.63) is 35.4 Å². The zero-order valence-electron chi connectivity index (χ0n) is 14.4. The van der Waals surface area contributed by atoms with E-state index in [1.165, 1.54) is 11.1 Å². The molecule has 1 aromatic carbocycles. The number of hydrogen-bond acceptors (Lipinski definition) is 2. The third kappa shape index (κ3) is 4.34. The van der Waals surface area contributed by atoms with Crippen LogP contribution in [0, 0.1) is 11.3 Å². The normalized spacial score (nSPS) is 20.4. The average molecular weight is 317 g/mol. The molecule has 23 heavy (non-hydrogen) atoms. The van der Waals surface area contributed by atoms with Gasteiger partial charge in [-0.15, -0.1) is 0 Å². The summed E-state index contributed by atoms with van der Waals surface area (Å²) in [5, 5.41) is 12.0. The second kappa shape index (κ2) is 6.73. The highest BCUT2D eigenvalue weighted by molar-refractivity contribution is 5.83. The van der Waals surface area contributed by atoms with Crippen LogP contribution in [-0.2, 0) is 9.59 Å². The average Bonchev–Trinajstić information content (AvgIpc) is 3.27. The van der Waals surface area contributed by atoms with Gasteiger partial charge in [0.2, 0.25) is 5.91 Å². The van der Waals surface area contributed by atoms with Crippen molar-refractivity contribution in [2.24, 2.45) is 11.3 Å². The molecule has 0 spiro atoms. The number of rotatable bonds is 7. The lowest BCUT2D eigenvalue weighted by atomic mass is 9.90. The van der Waals surface area contributed by atoms with Crippen LogP contribution in [0.5, 0.6) is 0 Å². The minimum atomic E-state index is -0.832. The molecule has 0 aliphatic heterocycles. The van der Waals surface area contributed by atoms with Gasteiger partial charge in [-0.3, -0.25) is 9.59 Å². The molecule has 2 N–H and O–H groups in total. The van der Waals surface area contributed by atoms with Gasteiger partial charge in [0.25, 0.3) is 0 Å². The van der Waals surface area contributed by atoms with Gasteiger partial charge in [-0.2, -0.15) is 0 Å². The molecule has 126 valence electrons. The predicted octanol–water partition coefficient (Wildman–Crippen LogP) is 3.53. The number of carbonyl (C=O) groups is 2. The quantitative estimate of drug-likeness (QED) is 0.808. The van der Waals surface area contributed by atoms with E-state index in [0.717, 1.165) is 6.42 Å². The van der Waals surface area contributed by atoms with E-state index < -0.39 is 11.4 Å². The zero-order valence-corrected chi connectivity index (χ0v) is 14.4. The van der Waals surface area contributed by atoms with Gasteiger partial charge in [0, 0.05) is 12.5 Å². The summed E-state index contributed by atoms with van der Waals surface area (Å²) < 4.78 is 0. The topological polar surface area (TPSA) is 66.4 Å². The van der Waals surface area contributed by atoms with E-state index in [9.17, 15) is 9.59 Å². The molecule has 1 amide bonds. The number of benzene rings is 1. The maximum absolute atomic E-state index is 12.2. The van der Waals surface area contributed by atoms with Crippen LogP contribution in [0.3, 0.4) is 0 Å². The molecule has 0 aromatic heterocycles. The van der Waals surface area contributed by atoms with Gasteiger partial charge >= 0.3 is 5.97 Å². The number of amides is 1. The Kier molecular flexibility index (Phi) is 5.12. The van der Waals surface area contributed by atoms with Gasteiger partial charge in [0.15, 0.2) is 0 Å². The fourth-order valence-corrected chi connectivity index (χ4v) is 2.72. The van der Waals surface area contributed by atoms with Crippen LogP contribution in [0.2, 0.25) is 0 Å². The highest BCUT2D eigenvalue weighted by Crippen LogP contribution is 2.47. The van der Waals surface area contributed by atoms with Crippen LogP contribution in [0.1, 0.15) is 63.5 Å². The first-order valence-electron chi connectivity index (χ1n) is 8.33. The molecule has 1 aliphatic rings. The Bertz CT molecular complexity index is 575. The van der Waals surface area contributed by atoms with Gasteiger partial charge in [0.1, 0.15) is 0 Å². The predicted molar refractivity (Wildman–Crippen MR) is 90.4 cm³/mol. The Morgan fingerprint density at radius 1 is 1.26 bits per heavy atom. The van der Waals surface area contributed by atoms with Gasteiger partial charge < -0.3 is 10.4 Å². The highest BCUT2D eigenvalue weighted by atomic mass is 16.4. The van der Waals surface area contributed by atoms with E-state index in [1.54, 1.807) is 13.8 Å². The molecule has 1 aliphatic carbocycles. The molecule has 1 aromatic rings. The molecule has 4 heteroatoms. The Morgan fingerprint density at radius 3 is 2.39 bits per heavy atom. The van der Waals surface area contributed by atoms with Crippen molar-refractivity contribution in [1.29, 1.82) is 0 Å². The van der Waals surface area contributed by atoms with Crippen LogP contribution < -0.4 is 5.32 Å². The summed E-state index contributed by atoms with van der Waals surface area (Å²) in [4.78, 5) is 23.2. The molecule has 0 heterocycles. The Labute approximate surface area is 138 Å². The second-order valence-electron chi connectivity index (χ2n) is 7.50. The lowest BCUT2D eigenvalue weighted by Crippen LogP contribution is -2.32. The molecule has 1 saturated carbocycles. The molecule has 2 atom stereocenters. The third-order valence-electron chi connectivity index (χ3n) is 4.79. The Balaban J connectivity index is 1.81. The molecule has 4 nitrogen and oxygen atoms in total. The number of carboxylic acid groups (broad SMARTS) is 1.